The Bertz CT molecular complexity index is 696. The summed E-state index contributed by atoms with van der Waals surface area (Å²) >= 11 is 0. The molecule has 1 fully saturated rings. The lowest BCUT2D eigenvalue weighted by atomic mass is 9.83. The van der Waals surface area contributed by atoms with Gasteiger partial charge in [0.15, 0.2) is 0 Å². The summed E-state index contributed by atoms with van der Waals surface area (Å²) in [6.45, 7) is 3.63. The van der Waals surface area contributed by atoms with Crippen LogP contribution in [0.3, 0.4) is 0 Å². The van der Waals surface area contributed by atoms with E-state index in [0.717, 1.165) is 18.4 Å². The van der Waals surface area contributed by atoms with Gasteiger partial charge in [-0.25, -0.2) is 8.42 Å². The van der Waals surface area contributed by atoms with E-state index in [9.17, 15) is 18.0 Å². The minimum absolute atomic E-state index is 0.0608. The number of carbonyl (C=O) groups excluding carboxylic acids is 2. The van der Waals surface area contributed by atoms with Crippen molar-refractivity contribution in [2.45, 2.75) is 50.5 Å². The van der Waals surface area contributed by atoms with Gasteiger partial charge in [-0.15, -0.1) is 0 Å². The first-order valence-corrected chi connectivity index (χ1v) is 9.62. The number of hydrogen-bond donors (Lipinski definition) is 1. The van der Waals surface area contributed by atoms with Crippen LogP contribution >= 0.6 is 0 Å². The number of nitrogens with one attached hydrogen (secondary N) is 1. The van der Waals surface area contributed by atoms with Gasteiger partial charge in [-0.2, -0.15) is 4.72 Å². The molecule has 0 spiro atoms. The summed E-state index contributed by atoms with van der Waals surface area (Å²) in [5.41, 5.74) is 0.929. The second-order valence-electron chi connectivity index (χ2n) is 5.98. The van der Waals surface area contributed by atoms with E-state index in [4.69, 9.17) is 4.74 Å². The van der Waals surface area contributed by atoms with Crippen molar-refractivity contribution < 1.29 is 22.7 Å². The van der Waals surface area contributed by atoms with Crippen molar-refractivity contribution in [3.8, 4) is 0 Å². The normalized spacial score (nSPS) is 19.8. The molecule has 1 saturated carbocycles. The van der Waals surface area contributed by atoms with E-state index in [1.165, 1.54) is 12.1 Å². The standard InChI is InChI=1S/C17H23NO5S/c1-3-23-17(20)16(14-6-4-5-7-15(14)19)18-24(21,22)13-10-8-12(2)9-11-13/h8-11,14,16,18H,3-7H2,1-2H3/t14-,16-/m0/s1. The van der Waals surface area contributed by atoms with Gasteiger partial charge in [0, 0.05) is 12.3 Å². The maximum absolute atomic E-state index is 12.6. The lowest BCUT2D eigenvalue weighted by molar-refractivity contribution is -0.149. The second-order valence-corrected chi connectivity index (χ2v) is 7.70. The van der Waals surface area contributed by atoms with Gasteiger partial charge in [0.2, 0.25) is 10.0 Å². The van der Waals surface area contributed by atoms with Crippen LogP contribution in [0.1, 0.15) is 38.2 Å². The van der Waals surface area contributed by atoms with E-state index in [2.05, 4.69) is 4.72 Å². The first-order chi connectivity index (χ1) is 11.3. The summed E-state index contributed by atoms with van der Waals surface area (Å²) in [7, 11) is -3.92. The third-order valence-electron chi connectivity index (χ3n) is 4.16. The third-order valence-corrected chi connectivity index (χ3v) is 5.62. The highest BCUT2D eigenvalue weighted by molar-refractivity contribution is 7.89. The predicted molar refractivity (Wildman–Crippen MR) is 88.9 cm³/mol. The van der Waals surface area contributed by atoms with Crippen LogP contribution in [0.15, 0.2) is 29.2 Å². The number of aryl methyl sites for hydroxylation is 1. The van der Waals surface area contributed by atoms with E-state index in [1.54, 1.807) is 19.1 Å². The van der Waals surface area contributed by atoms with Crippen LogP contribution in [-0.4, -0.2) is 32.8 Å². The molecule has 1 aromatic rings. The van der Waals surface area contributed by atoms with Crippen molar-refractivity contribution in [2.75, 3.05) is 6.61 Å². The fraction of sp³-hybridized carbons (Fsp3) is 0.529. The van der Waals surface area contributed by atoms with Gasteiger partial charge in [0.25, 0.3) is 0 Å². The molecule has 2 atom stereocenters. The zero-order chi connectivity index (χ0) is 17.7. The first-order valence-electron chi connectivity index (χ1n) is 8.13. The van der Waals surface area contributed by atoms with E-state index in [-0.39, 0.29) is 17.3 Å². The number of carbonyl (C=O) groups is 2. The smallest absolute Gasteiger partial charge is 0.324 e. The Balaban J connectivity index is 2.28. The summed E-state index contributed by atoms with van der Waals surface area (Å²) in [5, 5.41) is 0. The highest BCUT2D eigenvalue weighted by Crippen LogP contribution is 2.25. The largest absolute Gasteiger partial charge is 0.465 e. The number of sulfonamides is 1. The number of Topliss-reactive ketones (excluding diaryl/α,β-unsaturated/α-hetero) is 1. The quantitative estimate of drug-likeness (QED) is 0.790. The molecule has 0 aromatic heterocycles. The molecule has 0 radical (unpaired) electrons. The SMILES string of the molecule is CCOC(=O)[C@@H](NS(=O)(=O)c1ccc(C)cc1)[C@H]1CCCCC1=O. The molecule has 0 aliphatic heterocycles. The predicted octanol–water partition coefficient (Wildman–Crippen LogP) is 1.96. The van der Waals surface area contributed by atoms with Crippen LogP contribution in [0.4, 0.5) is 0 Å². The zero-order valence-corrected chi connectivity index (χ0v) is 14.8. The van der Waals surface area contributed by atoms with Gasteiger partial charge in [-0.05, 0) is 38.8 Å². The van der Waals surface area contributed by atoms with Gasteiger partial charge < -0.3 is 4.74 Å². The molecule has 1 N–H and O–H groups in total. The summed E-state index contributed by atoms with van der Waals surface area (Å²) in [5.74, 6) is -1.46. The Kier molecular flexibility index (Phi) is 6.12. The summed E-state index contributed by atoms with van der Waals surface area (Å²) in [4.78, 5) is 24.5. The van der Waals surface area contributed by atoms with Gasteiger partial charge in [-0.3, -0.25) is 9.59 Å². The van der Waals surface area contributed by atoms with Crippen molar-refractivity contribution in [1.29, 1.82) is 0 Å². The average Bonchev–Trinajstić information content (AvgIpc) is 2.54. The van der Waals surface area contributed by atoms with E-state index < -0.39 is 28.0 Å². The maximum Gasteiger partial charge on any atom is 0.324 e. The van der Waals surface area contributed by atoms with Crippen LogP contribution in [0.5, 0.6) is 0 Å². The van der Waals surface area contributed by atoms with Gasteiger partial charge in [0.05, 0.1) is 11.5 Å². The maximum atomic E-state index is 12.6. The lowest BCUT2D eigenvalue weighted by Gasteiger charge is -2.28. The molecule has 6 nitrogen and oxygen atoms in total. The van der Waals surface area contributed by atoms with Gasteiger partial charge >= 0.3 is 5.97 Å². The van der Waals surface area contributed by atoms with E-state index in [0.29, 0.717) is 12.8 Å². The summed E-state index contributed by atoms with van der Waals surface area (Å²) in [6, 6.07) is 5.13. The molecule has 1 aromatic carbocycles. The van der Waals surface area contributed by atoms with Crippen molar-refractivity contribution in [3.05, 3.63) is 29.8 Å². The van der Waals surface area contributed by atoms with Crippen molar-refractivity contribution in [1.82, 2.24) is 4.72 Å². The average molecular weight is 353 g/mol. The number of ketones is 1. The molecule has 0 unspecified atom stereocenters. The Morgan fingerprint density at radius 2 is 1.96 bits per heavy atom. The molecular formula is C17H23NO5S. The Morgan fingerprint density at radius 3 is 2.54 bits per heavy atom. The molecule has 0 bridgehead atoms. The fourth-order valence-electron chi connectivity index (χ4n) is 2.84. The number of benzene rings is 1. The van der Waals surface area contributed by atoms with Gasteiger partial charge in [0.1, 0.15) is 11.8 Å². The zero-order valence-electron chi connectivity index (χ0n) is 13.9. The van der Waals surface area contributed by atoms with Crippen molar-refractivity contribution in [2.24, 2.45) is 5.92 Å². The number of esters is 1. The van der Waals surface area contributed by atoms with Crippen LogP contribution in [0.25, 0.3) is 0 Å². The second kappa shape index (κ2) is 7.90. The molecule has 24 heavy (non-hydrogen) atoms. The Labute approximate surface area is 142 Å². The van der Waals surface area contributed by atoms with Crippen LogP contribution in [0, 0.1) is 12.8 Å². The topological polar surface area (TPSA) is 89.5 Å². The molecule has 0 amide bonds. The van der Waals surface area contributed by atoms with E-state index in [1.807, 2.05) is 6.92 Å². The highest BCUT2D eigenvalue weighted by atomic mass is 32.2. The number of ether oxygens (including phenoxy) is 1. The van der Waals surface area contributed by atoms with Gasteiger partial charge in [-0.1, -0.05) is 24.1 Å². The lowest BCUT2D eigenvalue weighted by Crippen LogP contribution is -2.50. The first kappa shape index (κ1) is 18.6. The molecule has 0 heterocycles. The minimum Gasteiger partial charge on any atom is -0.465 e. The molecule has 7 heteroatoms. The monoisotopic (exact) mass is 353 g/mol. The van der Waals surface area contributed by atoms with Crippen molar-refractivity contribution in [3.63, 3.8) is 0 Å². The van der Waals surface area contributed by atoms with Crippen LogP contribution in [-0.2, 0) is 24.3 Å². The Hall–Kier alpha value is -1.73. The Morgan fingerprint density at radius 1 is 1.29 bits per heavy atom. The summed E-state index contributed by atoms with van der Waals surface area (Å²) in [6.07, 6.45) is 2.42. The third kappa shape index (κ3) is 4.42. The number of hydrogen-bond acceptors (Lipinski definition) is 5. The molecule has 1 aliphatic rings. The van der Waals surface area contributed by atoms with E-state index >= 15 is 0 Å². The molecular weight excluding hydrogens is 330 g/mol. The molecule has 132 valence electrons. The molecule has 0 saturated heterocycles. The molecule has 2 rings (SSSR count). The highest BCUT2D eigenvalue weighted by Gasteiger charge is 2.38. The number of rotatable bonds is 6. The fourth-order valence-corrected chi connectivity index (χ4v) is 4.07. The van der Waals surface area contributed by atoms with Crippen molar-refractivity contribution >= 4 is 21.8 Å². The minimum atomic E-state index is -3.92. The molecule has 1 aliphatic carbocycles. The van der Waals surface area contributed by atoms with Crippen LogP contribution < -0.4 is 4.72 Å². The summed E-state index contributed by atoms with van der Waals surface area (Å²) < 4.78 is 32.5. The van der Waals surface area contributed by atoms with Crippen LogP contribution in [0.2, 0.25) is 0 Å².